The van der Waals surface area contributed by atoms with Gasteiger partial charge < -0.3 is 20.3 Å². The Morgan fingerprint density at radius 1 is 1.07 bits per heavy atom. The maximum atomic E-state index is 5.65. The van der Waals surface area contributed by atoms with Gasteiger partial charge in [-0.3, -0.25) is 9.89 Å². The number of nitrogens with zero attached hydrogens (tertiary/aromatic N) is 3. The lowest BCUT2D eigenvalue weighted by Crippen LogP contribution is -2.40. The Labute approximate surface area is 164 Å². The third-order valence-corrected chi connectivity index (χ3v) is 5.45. The van der Waals surface area contributed by atoms with Crippen LogP contribution < -0.4 is 10.6 Å². The Morgan fingerprint density at radius 2 is 1.89 bits per heavy atom. The lowest BCUT2D eigenvalue weighted by molar-refractivity contribution is 0.114. The second-order valence-corrected chi connectivity index (χ2v) is 7.69. The summed E-state index contributed by atoms with van der Waals surface area (Å²) in [7, 11) is 4.03. The van der Waals surface area contributed by atoms with Gasteiger partial charge in [-0.2, -0.15) is 0 Å². The summed E-state index contributed by atoms with van der Waals surface area (Å²) in [5.74, 6) is 0.836. The number of nitrogens with one attached hydrogen (secondary N) is 2. The Bertz CT molecular complexity index is 583. The van der Waals surface area contributed by atoms with E-state index < -0.39 is 0 Å². The van der Waals surface area contributed by atoms with E-state index in [2.05, 4.69) is 56.7 Å². The Hall–Kier alpha value is -1.63. The van der Waals surface area contributed by atoms with Crippen LogP contribution in [-0.2, 0) is 17.8 Å². The van der Waals surface area contributed by atoms with E-state index in [0.717, 1.165) is 45.2 Å². The van der Waals surface area contributed by atoms with Crippen LogP contribution in [-0.4, -0.2) is 75.3 Å². The fourth-order valence-corrected chi connectivity index (χ4v) is 3.70. The molecule has 27 heavy (non-hydrogen) atoms. The molecule has 0 saturated carbocycles. The zero-order valence-corrected chi connectivity index (χ0v) is 16.9. The van der Waals surface area contributed by atoms with Crippen LogP contribution >= 0.6 is 0 Å². The summed E-state index contributed by atoms with van der Waals surface area (Å²) in [5.41, 5.74) is 2.67. The molecule has 150 valence electrons. The standard InChI is InChI=1S/C21H35N5O/c1-22-21(24-16-20-5-3-14-27-20)23-15-18-6-8-19(9-7-18)17-26-11-4-10-25(2)12-13-26/h6-9,20H,3-5,10-17H2,1-2H3,(H2,22,23,24). The van der Waals surface area contributed by atoms with Crippen molar-refractivity contribution in [3.63, 3.8) is 0 Å². The molecule has 1 unspecified atom stereocenters. The van der Waals surface area contributed by atoms with E-state index in [1.54, 1.807) is 0 Å². The van der Waals surface area contributed by atoms with E-state index >= 15 is 0 Å². The molecule has 2 N–H and O–H groups in total. The Balaban J connectivity index is 1.41. The Kier molecular flexibility index (Phi) is 7.93. The van der Waals surface area contributed by atoms with E-state index in [4.69, 9.17) is 4.74 Å². The second kappa shape index (κ2) is 10.6. The molecule has 2 heterocycles. The molecule has 2 saturated heterocycles. The van der Waals surface area contributed by atoms with Crippen LogP contribution in [0.15, 0.2) is 29.3 Å². The predicted octanol–water partition coefficient (Wildman–Crippen LogP) is 1.67. The lowest BCUT2D eigenvalue weighted by Gasteiger charge is -2.20. The third kappa shape index (κ3) is 6.79. The lowest BCUT2D eigenvalue weighted by atomic mass is 10.1. The van der Waals surface area contributed by atoms with Crippen molar-refractivity contribution in [2.45, 2.75) is 38.5 Å². The number of ether oxygens (including phenoxy) is 1. The number of hydrogen-bond donors (Lipinski definition) is 2. The van der Waals surface area contributed by atoms with Gasteiger partial charge in [-0.25, -0.2) is 0 Å². The topological polar surface area (TPSA) is 52.1 Å². The third-order valence-electron chi connectivity index (χ3n) is 5.45. The van der Waals surface area contributed by atoms with Gasteiger partial charge in [0.05, 0.1) is 6.10 Å². The van der Waals surface area contributed by atoms with Crippen LogP contribution in [0.2, 0.25) is 0 Å². The molecule has 2 aliphatic heterocycles. The quantitative estimate of drug-likeness (QED) is 0.587. The van der Waals surface area contributed by atoms with Crippen LogP contribution in [0.3, 0.4) is 0 Å². The van der Waals surface area contributed by atoms with Crippen molar-refractivity contribution in [3.8, 4) is 0 Å². The molecule has 0 radical (unpaired) electrons. The average molecular weight is 374 g/mol. The summed E-state index contributed by atoms with van der Waals surface area (Å²) in [6.45, 7) is 8.27. The molecule has 0 aliphatic carbocycles. The highest BCUT2D eigenvalue weighted by atomic mass is 16.5. The number of aliphatic imine (C=N–C) groups is 1. The SMILES string of the molecule is CN=C(NCc1ccc(CN2CCCN(C)CC2)cc1)NCC1CCCO1. The first-order valence-corrected chi connectivity index (χ1v) is 10.3. The number of guanidine groups is 1. The van der Waals surface area contributed by atoms with E-state index in [1.165, 1.54) is 43.6 Å². The molecule has 1 atom stereocenters. The van der Waals surface area contributed by atoms with Crippen LogP contribution in [0.1, 0.15) is 30.4 Å². The minimum atomic E-state index is 0.321. The minimum Gasteiger partial charge on any atom is -0.376 e. The fourth-order valence-electron chi connectivity index (χ4n) is 3.70. The van der Waals surface area contributed by atoms with Gasteiger partial charge in [-0.15, -0.1) is 0 Å². The van der Waals surface area contributed by atoms with Crippen LogP contribution in [0.25, 0.3) is 0 Å². The average Bonchev–Trinajstić information content (AvgIpc) is 3.12. The molecule has 3 rings (SSSR count). The van der Waals surface area contributed by atoms with Gasteiger partial charge >= 0.3 is 0 Å². The van der Waals surface area contributed by atoms with Crippen LogP contribution in [0, 0.1) is 0 Å². The number of benzene rings is 1. The minimum absolute atomic E-state index is 0.321. The van der Waals surface area contributed by atoms with Gasteiger partial charge in [-0.05, 0) is 50.5 Å². The van der Waals surface area contributed by atoms with Gasteiger partial charge in [0, 0.05) is 46.4 Å². The number of hydrogen-bond acceptors (Lipinski definition) is 4. The van der Waals surface area contributed by atoms with Gasteiger partial charge in [0.25, 0.3) is 0 Å². The van der Waals surface area contributed by atoms with Crippen molar-refractivity contribution in [3.05, 3.63) is 35.4 Å². The zero-order chi connectivity index (χ0) is 18.9. The molecule has 2 aliphatic rings. The van der Waals surface area contributed by atoms with Crippen molar-refractivity contribution in [1.82, 2.24) is 20.4 Å². The van der Waals surface area contributed by atoms with Crippen LogP contribution in [0.5, 0.6) is 0 Å². The molecular weight excluding hydrogens is 338 g/mol. The van der Waals surface area contributed by atoms with E-state index in [-0.39, 0.29) is 0 Å². The van der Waals surface area contributed by atoms with E-state index in [9.17, 15) is 0 Å². The summed E-state index contributed by atoms with van der Waals surface area (Å²) in [6.07, 6.45) is 3.88. The first-order chi connectivity index (χ1) is 13.2. The predicted molar refractivity (Wildman–Crippen MR) is 111 cm³/mol. The summed E-state index contributed by atoms with van der Waals surface area (Å²) in [5, 5.41) is 6.75. The monoisotopic (exact) mass is 373 g/mol. The van der Waals surface area contributed by atoms with Crippen molar-refractivity contribution >= 4 is 5.96 Å². The first-order valence-electron chi connectivity index (χ1n) is 10.3. The zero-order valence-electron chi connectivity index (χ0n) is 16.9. The first kappa shape index (κ1) is 20.1. The Morgan fingerprint density at radius 3 is 2.63 bits per heavy atom. The summed E-state index contributed by atoms with van der Waals surface area (Å²) in [6, 6.07) is 8.96. The highest BCUT2D eigenvalue weighted by Gasteiger charge is 2.15. The fraction of sp³-hybridized carbons (Fsp3) is 0.667. The molecule has 1 aromatic carbocycles. The molecule has 0 spiro atoms. The largest absolute Gasteiger partial charge is 0.376 e. The maximum Gasteiger partial charge on any atom is 0.191 e. The van der Waals surface area contributed by atoms with Gasteiger partial charge in [0.1, 0.15) is 0 Å². The maximum absolute atomic E-state index is 5.65. The molecule has 0 aromatic heterocycles. The van der Waals surface area contributed by atoms with Crippen molar-refractivity contribution in [1.29, 1.82) is 0 Å². The molecule has 2 fully saturated rings. The second-order valence-electron chi connectivity index (χ2n) is 7.69. The molecule has 1 aromatic rings. The highest BCUT2D eigenvalue weighted by Crippen LogP contribution is 2.11. The van der Waals surface area contributed by atoms with E-state index in [0.29, 0.717) is 6.10 Å². The summed E-state index contributed by atoms with van der Waals surface area (Å²) in [4.78, 5) is 9.29. The van der Waals surface area contributed by atoms with Gasteiger partial charge in [0.2, 0.25) is 0 Å². The van der Waals surface area contributed by atoms with Gasteiger partial charge in [-0.1, -0.05) is 24.3 Å². The number of likely N-dealkylation sites (N-methyl/N-ethyl adjacent to an activating group) is 1. The van der Waals surface area contributed by atoms with Crippen molar-refractivity contribution in [2.24, 2.45) is 4.99 Å². The molecule has 0 bridgehead atoms. The molecule has 0 amide bonds. The van der Waals surface area contributed by atoms with Crippen LogP contribution in [0.4, 0.5) is 0 Å². The summed E-state index contributed by atoms with van der Waals surface area (Å²) >= 11 is 0. The van der Waals surface area contributed by atoms with Crippen molar-refractivity contribution < 1.29 is 4.74 Å². The van der Waals surface area contributed by atoms with Crippen molar-refractivity contribution in [2.75, 3.05) is 53.4 Å². The highest BCUT2D eigenvalue weighted by molar-refractivity contribution is 5.79. The molecule has 6 nitrogen and oxygen atoms in total. The molecule has 6 heteroatoms. The van der Waals surface area contributed by atoms with E-state index in [1.807, 2.05) is 7.05 Å². The smallest absolute Gasteiger partial charge is 0.191 e. The normalized spacial score (nSPS) is 22.6. The molecular formula is C21H35N5O. The number of rotatable bonds is 6. The summed E-state index contributed by atoms with van der Waals surface area (Å²) < 4.78 is 5.65. The van der Waals surface area contributed by atoms with Gasteiger partial charge in [0.15, 0.2) is 5.96 Å².